The molecule has 0 radical (unpaired) electrons. The lowest BCUT2D eigenvalue weighted by atomic mass is 10.3. The molecule has 0 atom stereocenters. The summed E-state index contributed by atoms with van der Waals surface area (Å²) in [6.45, 7) is 0. The molecule has 7 heteroatoms. The molecule has 0 aromatic carbocycles. The third-order valence-corrected chi connectivity index (χ3v) is 1.51. The number of fused-ring (bicyclic) bond motifs is 1. The molecule has 2 N–H and O–H groups in total. The van der Waals surface area contributed by atoms with Crippen LogP contribution < -0.4 is 5.56 Å². The summed E-state index contributed by atoms with van der Waals surface area (Å²) in [5.41, 5.74) is -0.919. The average Bonchev–Trinajstić information content (AvgIpc) is 2.53. The number of carboxylic acid groups (broad SMARTS) is 1. The third-order valence-electron chi connectivity index (χ3n) is 1.51. The standard InChI is InChI=1S/C6H3N3O4/c10-5-3-2(1-13-9-3)4(6(11)12)7-8-5/h1H,(H,8,10)(H,11,12). The fourth-order valence-electron chi connectivity index (χ4n) is 0.951. The first-order valence-electron chi connectivity index (χ1n) is 3.26. The van der Waals surface area contributed by atoms with Crippen molar-refractivity contribution in [3.63, 3.8) is 0 Å². The van der Waals surface area contributed by atoms with Crippen LogP contribution in [0, 0.1) is 0 Å². The summed E-state index contributed by atoms with van der Waals surface area (Å²) in [5.74, 6) is -1.25. The summed E-state index contributed by atoms with van der Waals surface area (Å²) in [4.78, 5) is 21.6. The summed E-state index contributed by atoms with van der Waals surface area (Å²) in [5, 5.41) is 17.4. The number of rotatable bonds is 1. The Morgan fingerprint density at radius 2 is 2.38 bits per heavy atom. The van der Waals surface area contributed by atoms with E-state index in [9.17, 15) is 9.59 Å². The molecule has 0 saturated carbocycles. The fraction of sp³-hybridized carbons (Fsp3) is 0. The maximum Gasteiger partial charge on any atom is 0.357 e. The Hall–Kier alpha value is -2.18. The van der Waals surface area contributed by atoms with Crippen LogP contribution in [0.2, 0.25) is 0 Å². The highest BCUT2D eigenvalue weighted by Crippen LogP contribution is 2.10. The molecular formula is C6H3N3O4. The molecule has 0 saturated heterocycles. The lowest BCUT2D eigenvalue weighted by Crippen LogP contribution is -2.13. The lowest BCUT2D eigenvalue weighted by molar-refractivity contribution is 0.0691. The highest BCUT2D eigenvalue weighted by Gasteiger charge is 2.15. The Balaban J connectivity index is 2.94. The highest BCUT2D eigenvalue weighted by atomic mass is 16.5. The number of carbonyl (C=O) groups is 1. The number of aromatic nitrogens is 3. The predicted molar refractivity (Wildman–Crippen MR) is 39.4 cm³/mol. The molecule has 2 rings (SSSR count). The summed E-state index contributed by atoms with van der Waals surface area (Å²) < 4.78 is 4.46. The molecule has 2 aromatic rings. The molecule has 0 bridgehead atoms. The van der Waals surface area contributed by atoms with Crippen LogP contribution in [-0.2, 0) is 0 Å². The second-order valence-electron chi connectivity index (χ2n) is 2.28. The predicted octanol–water partition coefficient (Wildman–Crippen LogP) is -0.391. The number of nitrogens with one attached hydrogen (secondary N) is 1. The van der Waals surface area contributed by atoms with Gasteiger partial charge >= 0.3 is 5.97 Å². The van der Waals surface area contributed by atoms with Gasteiger partial charge in [0.25, 0.3) is 5.56 Å². The number of nitrogens with zero attached hydrogens (tertiary/aromatic N) is 2. The van der Waals surface area contributed by atoms with Crippen LogP contribution in [0.4, 0.5) is 0 Å². The van der Waals surface area contributed by atoms with Crippen LogP contribution >= 0.6 is 0 Å². The maximum atomic E-state index is 11.0. The molecule has 0 unspecified atom stereocenters. The van der Waals surface area contributed by atoms with Crippen molar-refractivity contribution in [2.24, 2.45) is 0 Å². The van der Waals surface area contributed by atoms with Crippen molar-refractivity contribution >= 4 is 16.9 Å². The van der Waals surface area contributed by atoms with E-state index in [1.54, 1.807) is 0 Å². The minimum absolute atomic E-state index is 0.0626. The molecule has 2 heterocycles. The fourth-order valence-corrected chi connectivity index (χ4v) is 0.951. The monoisotopic (exact) mass is 181 g/mol. The summed E-state index contributed by atoms with van der Waals surface area (Å²) in [7, 11) is 0. The minimum Gasteiger partial charge on any atom is -0.476 e. The van der Waals surface area contributed by atoms with Gasteiger partial charge in [0, 0.05) is 0 Å². The maximum absolute atomic E-state index is 11.0. The molecule has 0 aliphatic heterocycles. The second-order valence-corrected chi connectivity index (χ2v) is 2.28. The zero-order valence-electron chi connectivity index (χ0n) is 6.14. The van der Waals surface area contributed by atoms with Crippen molar-refractivity contribution in [3.8, 4) is 0 Å². The number of aromatic carboxylic acids is 1. The van der Waals surface area contributed by atoms with Crippen LogP contribution in [0.5, 0.6) is 0 Å². The van der Waals surface area contributed by atoms with E-state index in [-0.39, 0.29) is 16.6 Å². The Morgan fingerprint density at radius 3 is 3.08 bits per heavy atom. The van der Waals surface area contributed by atoms with Crippen molar-refractivity contribution in [3.05, 3.63) is 22.3 Å². The van der Waals surface area contributed by atoms with Crippen LogP contribution in [0.15, 0.2) is 15.6 Å². The van der Waals surface area contributed by atoms with Gasteiger partial charge in [0.2, 0.25) is 0 Å². The Labute approximate surface area is 70.0 Å². The van der Waals surface area contributed by atoms with Gasteiger partial charge in [0.1, 0.15) is 6.26 Å². The number of aromatic amines is 1. The number of carboxylic acids is 1. The van der Waals surface area contributed by atoms with Crippen molar-refractivity contribution < 1.29 is 14.4 Å². The number of H-pyrrole nitrogens is 1. The smallest absolute Gasteiger partial charge is 0.357 e. The first-order valence-corrected chi connectivity index (χ1v) is 3.26. The quantitative estimate of drug-likeness (QED) is 0.619. The van der Waals surface area contributed by atoms with Crippen LogP contribution in [0.1, 0.15) is 10.5 Å². The van der Waals surface area contributed by atoms with Gasteiger partial charge in [0.15, 0.2) is 11.2 Å². The Kier molecular flexibility index (Phi) is 1.38. The molecular weight excluding hydrogens is 178 g/mol. The SMILES string of the molecule is O=C(O)c1n[nH]c(=O)c2nocc12. The van der Waals surface area contributed by atoms with E-state index in [1.807, 2.05) is 5.10 Å². The van der Waals surface area contributed by atoms with Gasteiger partial charge in [-0.15, -0.1) is 0 Å². The molecule has 0 fully saturated rings. The van der Waals surface area contributed by atoms with Gasteiger partial charge in [0.05, 0.1) is 5.39 Å². The van der Waals surface area contributed by atoms with Gasteiger partial charge in [-0.2, -0.15) is 5.10 Å². The second kappa shape index (κ2) is 2.41. The molecule has 0 spiro atoms. The number of hydrogen-bond acceptors (Lipinski definition) is 5. The van der Waals surface area contributed by atoms with E-state index in [0.717, 1.165) is 6.26 Å². The first-order chi connectivity index (χ1) is 6.20. The molecule has 2 aromatic heterocycles. The summed E-state index contributed by atoms with van der Waals surface area (Å²) >= 11 is 0. The molecule has 0 aliphatic rings. The van der Waals surface area contributed by atoms with Gasteiger partial charge in [-0.25, -0.2) is 9.89 Å². The van der Waals surface area contributed by atoms with E-state index in [0.29, 0.717) is 0 Å². The van der Waals surface area contributed by atoms with Gasteiger partial charge in [-0.05, 0) is 0 Å². The van der Waals surface area contributed by atoms with E-state index in [4.69, 9.17) is 5.11 Å². The zero-order valence-corrected chi connectivity index (χ0v) is 6.14. The van der Waals surface area contributed by atoms with Crippen molar-refractivity contribution in [2.45, 2.75) is 0 Å². The highest BCUT2D eigenvalue weighted by molar-refractivity contribution is 5.99. The lowest BCUT2D eigenvalue weighted by Gasteiger charge is -1.91. The third kappa shape index (κ3) is 0.975. The van der Waals surface area contributed by atoms with Crippen molar-refractivity contribution in [1.29, 1.82) is 0 Å². The Bertz CT molecular complexity index is 526. The molecule has 66 valence electrons. The van der Waals surface area contributed by atoms with Crippen LogP contribution in [0.3, 0.4) is 0 Å². The molecule has 0 aliphatic carbocycles. The normalized spacial score (nSPS) is 10.5. The van der Waals surface area contributed by atoms with E-state index in [1.165, 1.54) is 0 Å². The van der Waals surface area contributed by atoms with Crippen LogP contribution in [-0.4, -0.2) is 26.4 Å². The number of hydrogen-bond donors (Lipinski definition) is 2. The molecule has 0 amide bonds. The largest absolute Gasteiger partial charge is 0.476 e. The summed E-state index contributed by atoms with van der Waals surface area (Å²) in [6, 6.07) is 0. The zero-order chi connectivity index (χ0) is 9.42. The summed E-state index contributed by atoms with van der Waals surface area (Å²) in [6.07, 6.45) is 1.07. The van der Waals surface area contributed by atoms with E-state index in [2.05, 4.69) is 14.8 Å². The van der Waals surface area contributed by atoms with Gasteiger partial charge in [-0.1, -0.05) is 5.16 Å². The van der Waals surface area contributed by atoms with E-state index >= 15 is 0 Å². The first kappa shape index (κ1) is 7.47. The van der Waals surface area contributed by atoms with Crippen LogP contribution in [0.25, 0.3) is 10.9 Å². The molecule has 7 nitrogen and oxygen atoms in total. The Morgan fingerprint density at radius 1 is 1.62 bits per heavy atom. The van der Waals surface area contributed by atoms with E-state index < -0.39 is 11.5 Å². The van der Waals surface area contributed by atoms with Gasteiger partial charge < -0.3 is 9.63 Å². The van der Waals surface area contributed by atoms with Crippen molar-refractivity contribution in [2.75, 3.05) is 0 Å². The minimum atomic E-state index is -1.25. The van der Waals surface area contributed by atoms with Crippen molar-refractivity contribution in [1.82, 2.24) is 15.4 Å². The topological polar surface area (TPSA) is 109 Å². The van der Waals surface area contributed by atoms with Gasteiger partial charge in [-0.3, -0.25) is 4.79 Å². The molecule has 13 heavy (non-hydrogen) atoms. The average molecular weight is 181 g/mol.